The van der Waals surface area contributed by atoms with E-state index in [0.29, 0.717) is 17.1 Å². The highest BCUT2D eigenvalue weighted by Crippen LogP contribution is 2.23. The molecule has 0 saturated carbocycles. The Hall–Kier alpha value is -1.90. The van der Waals surface area contributed by atoms with Crippen molar-refractivity contribution in [2.75, 3.05) is 30.9 Å². The van der Waals surface area contributed by atoms with Crippen LogP contribution in [0.5, 0.6) is 0 Å². The van der Waals surface area contributed by atoms with Crippen molar-refractivity contribution in [1.82, 2.24) is 29.7 Å². The molecule has 0 saturated heterocycles. The lowest BCUT2D eigenvalue weighted by atomic mass is 10.7. The average Bonchev–Trinajstić information content (AvgIpc) is 2.75. The van der Waals surface area contributed by atoms with E-state index in [2.05, 4.69) is 30.4 Å². The lowest BCUT2D eigenvalue weighted by Gasteiger charge is -2.12. The van der Waals surface area contributed by atoms with Gasteiger partial charge in [0.1, 0.15) is 6.33 Å². The van der Waals surface area contributed by atoms with E-state index < -0.39 is 0 Å². The monoisotopic (exact) mass is 280 g/mol. The van der Waals surface area contributed by atoms with Crippen molar-refractivity contribution >= 4 is 23.7 Å². The molecule has 0 aliphatic carbocycles. The molecular formula is C10H16N8S. The van der Waals surface area contributed by atoms with Crippen LogP contribution in [0.2, 0.25) is 0 Å². The number of hydrogen-bond acceptors (Lipinski definition) is 8. The molecule has 0 radical (unpaired) electrons. The molecule has 9 heteroatoms. The van der Waals surface area contributed by atoms with Gasteiger partial charge in [-0.1, -0.05) is 0 Å². The first-order valence-electron chi connectivity index (χ1n) is 5.79. The van der Waals surface area contributed by atoms with Crippen LogP contribution in [0.25, 0.3) is 0 Å². The molecule has 8 nitrogen and oxygen atoms in total. The van der Waals surface area contributed by atoms with Gasteiger partial charge in [-0.15, -0.1) is 0 Å². The lowest BCUT2D eigenvalue weighted by molar-refractivity contribution is 0.683. The third-order valence-electron chi connectivity index (χ3n) is 2.19. The van der Waals surface area contributed by atoms with Crippen LogP contribution >= 0.6 is 11.8 Å². The topological polar surface area (TPSA) is 84.7 Å². The Kier molecular flexibility index (Phi) is 4.15. The quantitative estimate of drug-likeness (QED) is 0.854. The van der Waals surface area contributed by atoms with E-state index in [1.54, 1.807) is 4.68 Å². The second-order valence-electron chi connectivity index (χ2n) is 3.93. The van der Waals surface area contributed by atoms with Gasteiger partial charge < -0.3 is 10.2 Å². The first-order chi connectivity index (χ1) is 9.10. The Morgan fingerprint density at radius 1 is 1.32 bits per heavy atom. The fourth-order valence-corrected chi connectivity index (χ4v) is 1.99. The minimum absolute atomic E-state index is 0.561. The zero-order valence-corrected chi connectivity index (χ0v) is 12.1. The van der Waals surface area contributed by atoms with Crippen LogP contribution in [-0.4, -0.2) is 50.4 Å². The molecule has 0 spiro atoms. The van der Waals surface area contributed by atoms with Crippen molar-refractivity contribution < 1.29 is 0 Å². The predicted molar refractivity (Wildman–Crippen MR) is 73.4 cm³/mol. The van der Waals surface area contributed by atoms with Crippen molar-refractivity contribution in [1.29, 1.82) is 0 Å². The normalized spacial score (nSPS) is 10.5. The highest BCUT2D eigenvalue weighted by molar-refractivity contribution is 7.99. The maximum absolute atomic E-state index is 4.38. The van der Waals surface area contributed by atoms with E-state index >= 15 is 0 Å². The number of aryl methyl sites for hydroxylation is 1. The molecule has 1 N–H and O–H groups in total. The van der Waals surface area contributed by atoms with Gasteiger partial charge in [0.05, 0.1) is 0 Å². The third-order valence-corrected chi connectivity index (χ3v) is 3.11. The van der Waals surface area contributed by atoms with Crippen LogP contribution in [0.4, 0.5) is 11.9 Å². The summed E-state index contributed by atoms with van der Waals surface area (Å²) in [6, 6.07) is 0. The van der Waals surface area contributed by atoms with Gasteiger partial charge in [0.25, 0.3) is 0 Å². The zero-order valence-electron chi connectivity index (χ0n) is 11.3. The summed E-state index contributed by atoms with van der Waals surface area (Å²) in [6.45, 7) is 2.75. The van der Waals surface area contributed by atoms with Crippen LogP contribution in [0.15, 0.2) is 16.6 Å². The fourth-order valence-electron chi connectivity index (χ4n) is 1.29. The van der Waals surface area contributed by atoms with E-state index in [4.69, 9.17) is 0 Å². The molecule has 102 valence electrons. The van der Waals surface area contributed by atoms with Crippen molar-refractivity contribution in [2.45, 2.75) is 17.2 Å². The molecule has 2 aromatic rings. The highest BCUT2D eigenvalue weighted by Gasteiger charge is 2.11. The lowest BCUT2D eigenvalue weighted by Crippen LogP contribution is -2.15. The van der Waals surface area contributed by atoms with Gasteiger partial charge in [0.2, 0.25) is 17.1 Å². The van der Waals surface area contributed by atoms with Gasteiger partial charge in [-0.05, 0) is 18.7 Å². The molecular weight excluding hydrogens is 264 g/mol. The number of aromatic nitrogens is 6. The second kappa shape index (κ2) is 5.83. The van der Waals surface area contributed by atoms with Crippen molar-refractivity contribution in [3.05, 3.63) is 6.33 Å². The molecule has 0 fully saturated rings. The maximum atomic E-state index is 4.38. The van der Waals surface area contributed by atoms with Crippen molar-refractivity contribution in [3.63, 3.8) is 0 Å². The average molecular weight is 280 g/mol. The molecule has 19 heavy (non-hydrogen) atoms. The summed E-state index contributed by atoms with van der Waals surface area (Å²) in [5.41, 5.74) is 0. The largest absolute Gasteiger partial charge is 0.354 e. The second-order valence-corrected chi connectivity index (χ2v) is 4.87. The van der Waals surface area contributed by atoms with Gasteiger partial charge in [-0.25, -0.2) is 9.67 Å². The Bertz CT molecular complexity index is 552. The van der Waals surface area contributed by atoms with Gasteiger partial charge in [-0.3, -0.25) is 0 Å². The summed E-state index contributed by atoms with van der Waals surface area (Å²) in [5, 5.41) is 8.43. The minimum Gasteiger partial charge on any atom is -0.354 e. The van der Waals surface area contributed by atoms with E-state index in [9.17, 15) is 0 Å². The predicted octanol–water partition coefficient (Wildman–Crippen LogP) is 0.649. The molecule has 0 atom stereocenters. The molecule has 0 aliphatic rings. The van der Waals surface area contributed by atoms with Crippen LogP contribution in [-0.2, 0) is 7.05 Å². The summed E-state index contributed by atoms with van der Waals surface area (Å²) < 4.78 is 1.68. The Morgan fingerprint density at radius 2 is 2.11 bits per heavy atom. The summed E-state index contributed by atoms with van der Waals surface area (Å²) in [6.07, 6.45) is 1.50. The van der Waals surface area contributed by atoms with Crippen LogP contribution in [0.1, 0.15) is 6.92 Å². The van der Waals surface area contributed by atoms with E-state index in [0.717, 1.165) is 11.7 Å². The molecule has 0 amide bonds. The van der Waals surface area contributed by atoms with Gasteiger partial charge in [0, 0.05) is 27.7 Å². The smallest absolute Gasteiger partial charge is 0.230 e. The van der Waals surface area contributed by atoms with Gasteiger partial charge in [0.15, 0.2) is 5.16 Å². The molecule has 0 bridgehead atoms. The minimum atomic E-state index is 0.561. The zero-order chi connectivity index (χ0) is 13.8. The SMILES string of the molecule is CCNc1nc(Sc2ncnn2C)nc(N(C)C)n1. The molecule has 2 heterocycles. The van der Waals surface area contributed by atoms with E-state index in [1.807, 2.05) is 33.0 Å². The molecule has 0 aliphatic heterocycles. The Morgan fingerprint density at radius 3 is 2.68 bits per heavy atom. The number of nitrogens with zero attached hydrogens (tertiary/aromatic N) is 7. The van der Waals surface area contributed by atoms with Gasteiger partial charge >= 0.3 is 0 Å². The number of nitrogens with one attached hydrogen (secondary N) is 1. The summed E-state index contributed by atoms with van der Waals surface area (Å²) in [5.74, 6) is 1.17. The molecule has 0 unspecified atom stereocenters. The molecule has 0 aromatic carbocycles. The van der Waals surface area contributed by atoms with Gasteiger partial charge in [-0.2, -0.15) is 20.1 Å². The number of rotatable bonds is 5. The van der Waals surface area contributed by atoms with Crippen molar-refractivity contribution in [3.8, 4) is 0 Å². The Balaban J connectivity index is 2.31. The highest BCUT2D eigenvalue weighted by atomic mass is 32.2. The summed E-state index contributed by atoms with van der Waals surface area (Å²) in [7, 11) is 5.61. The third kappa shape index (κ3) is 3.31. The van der Waals surface area contributed by atoms with E-state index in [-0.39, 0.29) is 0 Å². The van der Waals surface area contributed by atoms with Crippen LogP contribution in [0, 0.1) is 0 Å². The van der Waals surface area contributed by atoms with E-state index in [1.165, 1.54) is 18.1 Å². The van der Waals surface area contributed by atoms with Crippen molar-refractivity contribution in [2.24, 2.45) is 7.05 Å². The summed E-state index contributed by atoms with van der Waals surface area (Å²) in [4.78, 5) is 19.0. The number of hydrogen-bond donors (Lipinski definition) is 1. The summed E-state index contributed by atoms with van der Waals surface area (Å²) >= 11 is 1.35. The first kappa shape index (κ1) is 13.5. The fraction of sp³-hybridized carbons (Fsp3) is 0.500. The first-order valence-corrected chi connectivity index (χ1v) is 6.61. The Labute approximate surface area is 115 Å². The number of anilines is 2. The maximum Gasteiger partial charge on any atom is 0.230 e. The van der Waals surface area contributed by atoms with Crippen LogP contribution < -0.4 is 10.2 Å². The standard InChI is InChI=1S/C10H16N8S/c1-5-11-7-14-8(17(2)3)16-9(15-7)19-10-12-6-13-18(10)4/h6H,5H2,1-4H3,(H,11,14,15,16). The van der Waals surface area contributed by atoms with Crippen LogP contribution in [0.3, 0.4) is 0 Å². The molecule has 2 aromatic heterocycles. The molecule has 2 rings (SSSR count).